The fourth-order valence-electron chi connectivity index (χ4n) is 4.16. The van der Waals surface area contributed by atoms with Crippen LogP contribution in [0.1, 0.15) is 34.3 Å². The molecule has 0 unspecified atom stereocenters. The monoisotopic (exact) mass is 456 g/mol. The number of benzene rings is 2. The quantitative estimate of drug-likeness (QED) is 0.572. The van der Waals surface area contributed by atoms with Crippen molar-refractivity contribution in [3.8, 4) is 17.0 Å². The predicted octanol–water partition coefficient (Wildman–Crippen LogP) is 4.40. The summed E-state index contributed by atoms with van der Waals surface area (Å²) < 4.78 is 5.20. The third-order valence-electron chi connectivity index (χ3n) is 6.38. The van der Waals surface area contributed by atoms with Gasteiger partial charge in [-0.25, -0.2) is 4.79 Å². The summed E-state index contributed by atoms with van der Waals surface area (Å²) in [6.07, 6.45) is 3.85. The molecule has 3 amide bonds. The molecule has 5 rings (SSSR count). The summed E-state index contributed by atoms with van der Waals surface area (Å²) in [5.41, 5.74) is 5.22. The van der Waals surface area contributed by atoms with Crippen LogP contribution in [0.15, 0.2) is 60.8 Å². The largest absolute Gasteiger partial charge is 0.497 e. The number of rotatable bonds is 7. The van der Waals surface area contributed by atoms with Crippen LogP contribution in [0.25, 0.3) is 11.3 Å². The van der Waals surface area contributed by atoms with Gasteiger partial charge < -0.3 is 15.0 Å². The van der Waals surface area contributed by atoms with Gasteiger partial charge in [0.25, 0.3) is 5.91 Å². The van der Waals surface area contributed by atoms with Crippen LogP contribution in [0.5, 0.6) is 5.75 Å². The van der Waals surface area contributed by atoms with Crippen molar-refractivity contribution in [1.82, 2.24) is 15.2 Å². The molecule has 2 fully saturated rings. The summed E-state index contributed by atoms with van der Waals surface area (Å²) in [5, 5.41) is 3.03. The number of anilines is 1. The topological polar surface area (TPSA) is 74.8 Å². The molecule has 2 aliphatic rings. The van der Waals surface area contributed by atoms with Gasteiger partial charge in [-0.2, -0.15) is 0 Å². The fraction of sp³-hybridized carbons (Fsp3) is 0.296. The molecule has 3 aromatic rings. The van der Waals surface area contributed by atoms with Crippen LogP contribution in [-0.2, 0) is 6.54 Å². The lowest BCUT2D eigenvalue weighted by Crippen LogP contribution is -2.31. The van der Waals surface area contributed by atoms with E-state index in [2.05, 4.69) is 10.3 Å². The number of amides is 3. The molecule has 174 valence electrons. The van der Waals surface area contributed by atoms with Gasteiger partial charge in [-0.1, -0.05) is 18.2 Å². The maximum atomic E-state index is 13.0. The Bertz CT molecular complexity index is 1200. The van der Waals surface area contributed by atoms with Gasteiger partial charge in [-0.05, 0) is 67.3 Å². The third-order valence-corrected chi connectivity index (χ3v) is 6.38. The number of nitrogens with zero attached hydrogens (tertiary/aromatic N) is 3. The first-order valence-electron chi connectivity index (χ1n) is 11.6. The molecule has 1 N–H and O–H groups in total. The van der Waals surface area contributed by atoms with E-state index in [0.717, 1.165) is 46.7 Å². The van der Waals surface area contributed by atoms with Gasteiger partial charge in [0.2, 0.25) is 0 Å². The van der Waals surface area contributed by atoms with E-state index in [9.17, 15) is 9.59 Å². The lowest BCUT2D eigenvalue weighted by Gasteiger charge is -2.19. The SMILES string of the molecule is COc1ccc(CN2CCN(c3ccc(-c4cc(C(=O)NC5CC5)ccc4C)nc3)C2=O)cc1. The molecule has 7 nitrogen and oxygen atoms in total. The molecule has 1 saturated heterocycles. The normalized spacial score (nSPS) is 15.5. The number of ether oxygens (including phenoxy) is 1. The van der Waals surface area contributed by atoms with Crippen molar-refractivity contribution in [2.75, 3.05) is 25.1 Å². The molecule has 34 heavy (non-hydrogen) atoms. The van der Waals surface area contributed by atoms with Crippen LogP contribution < -0.4 is 15.0 Å². The average Bonchev–Trinajstić information content (AvgIpc) is 3.61. The van der Waals surface area contributed by atoms with Crippen molar-refractivity contribution < 1.29 is 14.3 Å². The molecular formula is C27H28N4O3. The second-order valence-electron chi connectivity index (χ2n) is 8.88. The van der Waals surface area contributed by atoms with E-state index >= 15 is 0 Å². The van der Waals surface area contributed by atoms with E-state index in [1.165, 1.54) is 0 Å². The van der Waals surface area contributed by atoms with Crippen molar-refractivity contribution in [2.24, 2.45) is 0 Å². The lowest BCUT2D eigenvalue weighted by molar-refractivity contribution is 0.0951. The maximum absolute atomic E-state index is 13.0. The van der Waals surface area contributed by atoms with Gasteiger partial charge >= 0.3 is 6.03 Å². The molecule has 7 heteroatoms. The van der Waals surface area contributed by atoms with Gasteiger partial charge in [0.15, 0.2) is 0 Å². The molecule has 2 heterocycles. The van der Waals surface area contributed by atoms with E-state index in [1.807, 2.05) is 66.4 Å². The zero-order valence-corrected chi connectivity index (χ0v) is 19.5. The molecule has 0 radical (unpaired) electrons. The van der Waals surface area contributed by atoms with Crippen molar-refractivity contribution >= 4 is 17.6 Å². The van der Waals surface area contributed by atoms with Crippen molar-refractivity contribution in [3.05, 3.63) is 77.5 Å². The first-order chi connectivity index (χ1) is 16.5. The zero-order chi connectivity index (χ0) is 23.7. The number of methoxy groups -OCH3 is 1. The summed E-state index contributed by atoms with van der Waals surface area (Å²) in [5.74, 6) is 0.758. The minimum Gasteiger partial charge on any atom is -0.497 e. The van der Waals surface area contributed by atoms with Crippen LogP contribution in [-0.4, -0.2) is 48.1 Å². The Morgan fingerprint density at radius 3 is 2.56 bits per heavy atom. The number of urea groups is 1. The fourth-order valence-corrected chi connectivity index (χ4v) is 4.16. The molecular weight excluding hydrogens is 428 g/mol. The molecule has 0 spiro atoms. The number of hydrogen-bond acceptors (Lipinski definition) is 4. The van der Waals surface area contributed by atoms with Crippen LogP contribution in [0, 0.1) is 6.92 Å². The second kappa shape index (κ2) is 9.17. The van der Waals surface area contributed by atoms with Crippen LogP contribution >= 0.6 is 0 Å². The molecule has 0 bridgehead atoms. The third kappa shape index (κ3) is 4.59. The van der Waals surface area contributed by atoms with E-state index in [1.54, 1.807) is 18.2 Å². The maximum Gasteiger partial charge on any atom is 0.324 e. The number of carbonyl (C=O) groups excluding carboxylic acids is 2. The van der Waals surface area contributed by atoms with Gasteiger partial charge in [0, 0.05) is 36.8 Å². The Morgan fingerprint density at radius 1 is 1.09 bits per heavy atom. The zero-order valence-electron chi connectivity index (χ0n) is 19.5. The summed E-state index contributed by atoms with van der Waals surface area (Å²) in [4.78, 5) is 33.7. The van der Waals surface area contributed by atoms with Crippen molar-refractivity contribution in [3.63, 3.8) is 0 Å². The number of pyridine rings is 1. The average molecular weight is 457 g/mol. The molecule has 1 aliphatic carbocycles. The van der Waals surface area contributed by atoms with Crippen LogP contribution in [0.2, 0.25) is 0 Å². The van der Waals surface area contributed by atoms with Crippen molar-refractivity contribution in [1.29, 1.82) is 0 Å². The Balaban J connectivity index is 1.28. The minimum absolute atomic E-state index is 0.0275. The number of nitrogens with one attached hydrogen (secondary N) is 1. The van der Waals surface area contributed by atoms with Gasteiger partial charge in [0.1, 0.15) is 5.75 Å². The Morgan fingerprint density at radius 2 is 1.88 bits per heavy atom. The van der Waals surface area contributed by atoms with Gasteiger partial charge in [-0.3, -0.25) is 14.7 Å². The molecule has 1 aliphatic heterocycles. The lowest BCUT2D eigenvalue weighted by atomic mass is 10.0. The Kier molecular flexibility index (Phi) is 5.92. The van der Waals surface area contributed by atoms with Crippen LogP contribution in [0.3, 0.4) is 0 Å². The number of hydrogen-bond donors (Lipinski definition) is 1. The first kappa shape index (κ1) is 21.9. The molecule has 1 saturated carbocycles. The number of aromatic nitrogens is 1. The Hall–Kier alpha value is -3.87. The highest BCUT2D eigenvalue weighted by atomic mass is 16.5. The van der Waals surface area contributed by atoms with E-state index in [4.69, 9.17) is 4.74 Å². The van der Waals surface area contributed by atoms with E-state index in [-0.39, 0.29) is 11.9 Å². The second-order valence-corrected chi connectivity index (χ2v) is 8.88. The summed E-state index contributed by atoms with van der Waals surface area (Å²) in [7, 11) is 1.64. The highest BCUT2D eigenvalue weighted by molar-refractivity contribution is 5.96. The predicted molar refractivity (Wildman–Crippen MR) is 131 cm³/mol. The van der Waals surface area contributed by atoms with E-state index < -0.39 is 0 Å². The summed E-state index contributed by atoms with van der Waals surface area (Å²) in [6, 6.07) is 17.6. The van der Waals surface area contributed by atoms with Crippen LogP contribution in [0.4, 0.5) is 10.5 Å². The highest BCUT2D eigenvalue weighted by Crippen LogP contribution is 2.27. The summed E-state index contributed by atoms with van der Waals surface area (Å²) in [6.45, 7) is 3.84. The molecule has 2 aromatic carbocycles. The highest BCUT2D eigenvalue weighted by Gasteiger charge is 2.30. The number of aryl methyl sites for hydroxylation is 1. The summed E-state index contributed by atoms with van der Waals surface area (Å²) >= 11 is 0. The minimum atomic E-state index is -0.0417. The van der Waals surface area contributed by atoms with Crippen molar-refractivity contribution in [2.45, 2.75) is 32.4 Å². The number of carbonyl (C=O) groups is 2. The van der Waals surface area contributed by atoms with E-state index in [0.29, 0.717) is 31.2 Å². The molecule has 0 atom stereocenters. The smallest absolute Gasteiger partial charge is 0.324 e. The molecule has 1 aromatic heterocycles. The standard InChI is InChI=1S/C27H28N4O3/c1-18-3-6-20(26(32)29-21-7-8-21)15-24(18)25-12-9-22(16-28-25)31-14-13-30(27(31)33)17-19-4-10-23(34-2)11-5-19/h3-6,9-12,15-16,21H,7-8,13-14,17H2,1-2H3,(H,29,32). The first-order valence-corrected chi connectivity index (χ1v) is 11.6. The van der Waals surface area contributed by atoms with Gasteiger partial charge in [0.05, 0.1) is 24.7 Å². The van der Waals surface area contributed by atoms with Gasteiger partial charge in [-0.15, -0.1) is 0 Å². The Labute approximate surface area is 199 Å².